The van der Waals surface area contributed by atoms with E-state index in [-0.39, 0.29) is 36.9 Å². The lowest BCUT2D eigenvalue weighted by Crippen LogP contribution is -2.47. The Morgan fingerprint density at radius 2 is 1.81 bits per heavy atom. The molecular weight excluding hydrogens is 412 g/mol. The van der Waals surface area contributed by atoms with E-state index in [0.29, 0.717) is 22.3 Å². The summed E-state index contributed by atoms with van der Waals surface area (Å²) in [6, 6.07) is 11.2. The van der Waals surface area contributed by atoms with Gasteiger partial charge in [0.05, 0.1) is 24.7 Å². The van der Waals surface area contributed by atoms with Crippen molar-refractivity contribution in [2.24, 2.45) is 7.05 Å². The fourth-order valence-electron chi connectivity index (χ4n) is 4.09. The van der Waals surface area contributed by atoms with E-state index in [1.807, 2.05) is 0 Å². The zero-order valence-corrected chi connectivity index (χ0v) is 18.1. The molecule has 1 aliphatic heterocycles. The zero-order chi connectivity index (χ0) is 23.0. The van der Waals surface area contributed by atoms with Gasteiger partial charge in [0, 0.05) is 26.1 Å². The number of hydrogen-bond acceptors (Lipinski definition) is 5. The molecule has 0 spiro atoms. The Balaban J connectivity index is 1.70. The van der Waals surface area contributed by atoms with Crippen LogP contribution in [0.1, 0.15) is 34.8 Å². The summed E-state index contributed by atoms with van der Waals surface area (Å²) in [6.45, 7) is 0.124. The van der Waals surface area contributed by atoms with Crippen LogP contribution in [0.25, 0.3) is 11.0 Å². The Labute approximate surface area is 184 Å². The minimum atomic E-state index is -0.798. The standard InChI is InChI=1S/C23H24N4O5/c1-24-21(29)15-6-9-17-19(12-15)25(2)23(31)27(17)18-10-11-20(28)26(22(18)30)13-14-4-7-16(32-3)8-5-14/h4-9,12,18H,10-11,13H2,1-3H3,(H,24,29). The van der Waals surface area contributed by atoms with Crippen molar-refractivity contribution in [1.29, 1.82) is 0 Å². The number of ether oxygens (including phenoxy) is 1. The maximum Gasteiger partial charge on any atom is 0.329 e. The van der Waals surface area contributed by atoms with Gasteiger partial charge in [-0.05, 0) is 42.3 Å². The van der Waals surface area contributed by atoms with E-state index in [9.17, 15) is 19.2 Å². The van der Waals surface area contributed by atoms with Gasteiger partial charge in [-0.25, -0.2) is 4.79 Å². The summed E-state index contributed by atoms with van der Waals surface area (Å²) in [7, 11) is 4.70. The number of hydrogen-bond donors (Lipinski definition) is 1. The first kappa shape index (κ1) is 21.4. The number of aryl methyl sites for hydroxylation is 1. The summed E-state index contributed by atoms with van der Waals surface area (Å²) >= 11 is 0. The van der Waals surface area contributed by atoms with Crippen LogP contribution in [0.3, 0.4) is 0 Å². The second-order valence-corrected chi connectivity index (χ2v) is 7.71. The normalized spacial score (nSPS) is 16.5. The van der Waals surface area contributed by atoms with Crippen molar-refractivity contribution in [3.05, 3.63) is 64.1 Å². The quantitative estimate of drug-likeness (QED) is 0.612. The molecule has 9 heteroatoms. The molecule has 1 atom stereocenters. The molecule has 32 heavy (non-hydrogen) atoms. The molecule has 2 heterocycles. The van der Waals surface area contributed by atoms with Crippen molar-refractivity contribution >= 4 is 28.8 Å². The van der Waals surface area contributed by atoms with E-state index in [1.54, 1.807) is 56.6 Å². The van der Waals surface area contributed by atoms with Gasteiger partial charge in [-0.1, -0.05) is 12.1 Å². The molecule has 1 aliphatic rings. The minimum Gasteiger partial charge on any atom is -0.497 e. The smallest absolute Gasteiger partial charge is 0.329 e. The average molecular weight is 436 g/mol. The topological polar surface area (TPSA) is 103 Å². The van der Waals surface area contributed by atoms with Crippen molar-refractivity contribution in [2.75, 3.05) is 14.2 Å². The highest BCUT2D eigenvalue weighted by Gasteiger charge is 2.37. The molecule has 9 nitrogen and oxygen atoms in total. The summed E-state index contributed by atoms with van der Waals surface area (Å²) in [4.78, 5) is 52.2. The lowest BCUT2D eigenvalue weighted by molar-refractivity contribution is -0.151. The highest BCUT2D eigenvalue weighted by molar-refractivity contribution is 6.01. The molecule has 1 unspecified atom stereocenters. The van der Waals surface area contributed by atoms with Gasteiger partial charge in [-0.3, -0.25) is 28.4 Å². The van der Waals surface area contributed by atoms with Crippen molar-refractivity contribution < 1.29 is 19.1 Å². The summed E-state index contributed by atoms with van der Waals surface area (Å²) in [5.74, 6) is -0.266. The first-order valence-corrected chi connectivity index (χ1v) is 10.3. The first-order valence-electron chi connectivity index (χ1n) is 10.3. The summed E-state index contributed by atoms with van der Waals surface area (Å²) in [5, 5.41) is 2.56. The molecule has 4 rings (SSSR count). The lowest BCUT2D eigenvalue weighted by atomic mass is 10.0. The van der Waals surface area contributed by atoms with Crippen molar-refractivity contribution in [1.82, 2.24) is 19.4 Å². The van der Waals surface area contributed by atoms with Crippen molar-refractivity contribution in [3.63, 3.8) is 0 Å². The van der Waals surface area contributed by atoms with Crippen molar-refractivity contribution in [3.8, 4) is 5.75 Å². The number of piperidine rings is 1. The van der Waals surface area contributed by atoms with E-state index in [4.69, 9.17) is 4.74 Å². The molecule has 166 valence electrons. The van der Waals surface area contributed by atoms with E-state index in [0.717, 1.165) is 5.56 Å². The van der Waals surface area contributed by atoms with Gasteiger partial charge in [-0.15, -0.1) is 0 Å². The fourth-order valence-corrected chi connectivity index (χ4v) is 4.09. The van der Waals surface area contributed by atoms with E-state index in [1.165, 1.54) is 21.1 Å². The molecule has 0 bridgehead atoms. The van der Waals surface area contributed by atoms with Gasteiger partial charge in [0.15, 0.2) is 0 Å². The number of nitrogens with one attached hydrogen (secondary N) is 1. The molecule has 1 fully saturated rings. The highest BCUT2D eigenvalue weighted by atomic mass is 16.5. The van der Waals surface area contributed by atoms with Crippen LogP contribution in [0.2, 0.25) is 0 Å². The van der Waals surface area contributed by atoms with Crippen LogP contribution in [-0.2, 0) is 23.2 Å². The number of fused-ring (bicyclic) bond motifs is 1. The molecule has 2 aromatic carbocycles. The molecule has 1 N–H and O–H groups in total. The van der Waals surface area contributed by atoms with Gasteiger partial charge in [0.2, 0.25) is 5.91 Å². The SMILES string of the molecule is CNC(=O)c1ccc2c(c1)n(C)c(=O)n2C1CCC(=O)N(Cc2ccc(OC)cc2)C1=O. The number of benzene rings is 2. The zero-order valence-electron chi connectivity index (χ0n) is 18.1. The number of imide groups is 1. The number of rotatable bonds is 5. The third-order valence-electron chi connectivity index (χ3n) is 5.87. The summed E-state index contributed by atoms with van der Waals surface area (Å²) in [6.07, 6.45) is 0.401. The van der Waals surface area contributed by atoms with Crippen LogP contribution in [0.4, 0.5) is 0 Å². The molecule has 3 amide bonds. The number of amides is 3. The molecule has 1 saturated heterocycles. The van der Waals surface area contributed by atoms with E-state index in [2.05, 4.69) is 5.32 Å². The average Bonchev–Trinajstić information content (AvgIpc) is 3.06. The van der Waals surface area contributed by atoms with Crippen LogP contribution < -0.4 is 15.7 Å². The second-order valence-electron chi connectivity index (χ2n) is 7.71. The molecule has 0 aliphatic carbocycles. The number of carbonyl (C=O) groups excluding carboxylic acids is 3. The summed E-state index contributed by atoms with van der Waals surface area (Å²) in [5.41, 5.74) is 1.92. The summed E-state index contributed by atoms with van der Waals surface area (Å²) < 4.78 is 8.00. The third kappa shape index (κ3) is 3.55. The maximum absolute atomic E-state index is 13.3. The van der Waals surface area contributed by atoms with Crippen LogP contribution in [0, 0.1) is 0 Å². The van der Waals surface area contributed by atoms with Gasteiger partial charge >= 0.3 is 5.69 Å². The Kier molecular flexibility index (Phi) is 5.56. The minimum absolute atomic E-state index is 0.124. The van der Waals surface area contributed by atoms with E-state index >= 15 is 0 Å². The molecule has 1 aromatic heterocycles. The Morgan fingerprint density at radius 3 is 2.47 bits per heavy atom. The van der Waals surface area contributed by atoms with Crippen LogP contribution in [-0.4, -0.2) is 45.9 Å². The Morgan fingerprint density at radius 1 is 1.09 bits per heavy atom. The predicted molar refractivity (Wildman–Crippen MR) is 117 cm³/mol. The van der Waals surface area contributed by atoms with Gasteiger partial charge in [-0.2, -0.15) is 0 Å². The monoisotopic (exact) mass is 436 g/mol. The van der Waals surface area contributed by atoms with Gasteiger partial charge in [0.1, 0.15) is 11.8 Å². The van der Waals surface area contributed by atoms with Crippen LogP contribution in [0.15, 0.2) is 47.3 Å². The second kappa shape index (κ2) is 8.33. The molecular formula is C23H24N4O5. The lowest BCUT2D eigenvalue weighted by Gasteiger charge is -2.31. The highest BCUT2D eigenvalue weighted by Crippen LogP contribution is 2.28. The van der Waals surface area contributed by atoms with Crippen LogP contribution >= 0.6 is 0 Å². The third-order valence-corrected chi connectivity index (χ3v) is 5.87. The number of aromatic nitrogens is 2. The number of likely N-dealkylation sites (tertiary alicyclic amines) is 1. The molecule has 3 aromatic rings. The number of nitrogens with zero attached hydrogens (tertiary/aromatic N) is 3. The fraction of sp³-hybridized carbons (Fsp3) is 0.304. The largest absolute Gasteiger partial charge is 0.497 e. The maximum atomic E-state index is 13.3. The Bertz CT molecular complexity index is 1270. The molecule has 0 radical (unpaired) electrons. The van der Waals surface area contributed by atoms with Crippen molar-refractivity contribution in [2.45, 2.75) is 25.4 Å². The van der Waals surface area contributed by atoms with Gasteiger partial charge in [0.25, 0.3) is 11.8 Å². The van der Waals surface area contributed by atoms with Gasteiger partial charge < -0.3 is 10.1 Å². The Hall–Kier alpha value is -3.88. The predicted octanol–water partition coefficient (Wildman–Crippen LogP) is 1.60. The number of imidazole rings is 1. The molecule has 0 saturated carbocycles. The van der Waals surface area contributed by atoms with Crippen LogP contribution in [0.5, 0.6) is 5.75 Å². The number of carbonyl (C=O) groups is 3. The first-order chi connectivity index (χ1) is 15.3. The van der Waals surface area contributed by atoms with E-state index < -0.39 is 11.9 Å². The number of methoxy groups -OCH3 is 1.